The standard InChI is InChI=1S/C25H28ClN5O4S/c26-19-11-27-25(28-17-5-7-35-8-6-17)30-23(19)15-3-4-16-12-31(24(34)18(16)10-15)13-22(33)29-20(14-32)21-2-1-9-36-21/h1-4,9-11,17,20,24,32,34H,5-8,12-14H2,(H,29,33)(H,27,28,30)/t20-,24?/m1/s1. The van der Waals surface area contributed by atoms with Crippen molar-refractivity contribution in [1.29, 1.82) is 0 Å². The molecule has 190 valence electrons. The van der Waals surface area contributed by atoms with E-state index in [1.807, 2.05) is 35.7 Å². The van der Waals surface area contributed by atoms with Crippen LogP contribution in [-0.2, 0) is 16.1 Å². The van der Waals surface area contributed by atoms with Crippen molar-refractivity contribution in [2.75, 3.05) is 31.7 Å². The second-order valence-electron chi connectivity index (χ2n) is 8.93. The van der Waals surface area contributed by atoms with Gasteiger partial charge in [0.1, 0.15) is 6.23 Å². The minimum absolute atomic E-state index is 0.000485. The van der Waals surface area contributed by atoms with Gasteiger partial charge in [-0.15, -0.1) is 11.3 Å². The normalized spacial score (nSPS) is 19.1. The Kier molecular flexibility index (Phi) is 7.80. The Morgan fingerprint density at radius 1 is 1.31 bits per heavy atom. The molecule has 1 amide bonds. The number of aliphatic hydroxyl groups is 2. The van der Waals surface area contributed by atoms with E-state index in [9.17, 15) is 15.0 Å². The number of halogens is 1. The third-order valence-corrected chi connectivity index (χ3v) is 7.73. The van der Waals surface area contributed by atoms with Crippen LogP contribution in [0.5, 0.6) is 0 Å². The van der Waals surface area contributed by atoms with Crippen molar-refractivity contribution in [2.24, 2.45) is 0 Å². The maximum Gasteiger partial charge on any atom is 0.234 e. The number of rotatable bonds is 8. The summed E-state index contributed by atoms with van der Waals surface area (Å²) in [5, 5.41) is 29.2. The molecular weight excluding hydrogens is 502 g/mol. The van der Waals surface area contributed by atoms with Gasteiger partial charge in [0, 0.05) is 41.8 Å². The number of ether oxygens (including phenoxy) is 1. The van der Waals surface area contributed by atoms with E-state index in [1.165, 1.54) is 11.3 Å². The van der Waals surface area contributed by atoms with Gasteiger partial charge in [-0.3, -0.25) is 9.69 Å². The second kappa shape index (κ2) is 11.2. The van der Waals surface area contributed by atoms with E-state index >= 15 is 0 Å². The molecular formula is C25H28ClN5O4S. The zero-order valence-corrected chi connectivity index (χ0v) is 21.1. The maximum absolute atomic E-state index is 12.7. The van der Waals surface area contributed by atoms with E-state index in [2.05, 4.69) is 20.6 Å². The van der Waals surface area contributed by atoms with Crippen LogP contribution in [-0.4, -0.2) is 63.4 Å². The number of carbonyl (C=O) groups excluding carboxylic acids is 1. The fraction of sp³-hybridized carbons (Fsp3) is 0.400. The van der Waals surface area contributed by atoms with Crippen molar-refractivity contribution in [3.63, 3.8) is 0 Å². The molecule has 0 spiro atoms. The lowest BCUT2D eigenvalue weighted by atomic mass is 10.0. The lowest BCUT2D eigenvalue weighted by molar-refractivity contribution is -0.126. The van der Waals surface area contributed by atoms with E-state index in [4.69, 9.17) is 16.3 Å². The molecule has 1 aromatic carbocycles. The van der Waals surface area contributed by atoms with Gasteiger partial charge in [-0.1, -0.05) is 29.8 Å². The molecule has 3 aromatic rings. The van der Waals surface area contributed by atoms with Crippen molar-refractivity contribution in [3.05, 3.63) is 62.9 Å². The predicted molar refractivity (Wildman–Crippen MR) is 138 cm³/mol. The molecule has 1 fully saturated rings. The molecule has 0 saturated carbocycles. The fourth-order valence-corrected chi connectivity index (χ4v) is 5.52. The Morgan fingerprint density at radius 2 is 2.14 bits per heavy atom. The lowest BCUT2D eigenvalue weighted by Gasteiger charge is -2.23. The summed E-state index contributed by atoms with van der Waals surface area (Å²) in [6.07, 6.45) is 2.42. The van der Waals surface area contributed by atoms with Crippen LogP contribution in [0.1, 0.15) is 41.1 Å². The number of hydrogen-bond acceptors (Lipinski definition) is 9. The highest BCUT2D eigenvalue weighted by atomic mass is 35.5. The van der Waals surface area contributed by atoms with E-state index in [1.54, 1.807) is 11.1 Å². The van der Waals surface area contributed by atoms with Crippen LogP contribution in [0, 0.1) is 0 Å². The third-order valence-electron chi connectivity index (χ3n) is 6.47. The Morgan fingerprint density at radius 3 is 2.89 bits per heavy atom. The summed E-state index contributed by atoms with van der Waals surface area (Å²) in [7, 11) is 0. The molecule has 0 bridgehead atoms. The monoisotopic (exact) mass is 529 g/mol. The van der Waals surface area contributed by atoms with Crippen molar-refractivity contribution >= 4 is 34.8 Å². The Labute approximate surface area is 218 Å². The van der Waals surface area contributed by atoms with Gasteiger partial charge in [0.2, 0.25) is 11.9 Å². The molecule has 11 heteroatoms. The average Bonchev–Trinajstić information content (AvgIpc) is 3.53. The Balaban J connectivity index is 1.28. The summed E-state index contributed by atoms with van der Waals surface area (Å²) in [6.45, 7) is 1.67. The minimum atomic E-state index is -0.944. The molecule has 9 nitrogen and oxygen atoms in total. The van der Waals surface area contributed by atoms with E-state index in [0.29, 0.717) is 42.0 Å². The molecule has 0 aliphatic carbocycles. The quantitative estimate of drug-likeness (QED) is 0.351. The number of aliphatic hydroxyl groups excluding tert-OH is 2. The fourth-order valence-electron chi connectivity index (χ4n) is 4.56. The first kappa shape index (κ1) is 25.1. The summed E-state index contributed by atoms with van der Waals surface area (Å²) < 4.78 is 5.41. The second-order valence-corrected chi connectivity index (χ2v) is 10.3. The minimum Gasteiger partial charge on any atom is -0.394 e. The zero-order chi connectivity index (χ0) is 25.1. The predicted octanol–water partition coefficient (Wildman–Crippen LogP) is 3.11. The number of hydrogen-bond donors (Lipinski definition) is 4. The highest BCUT2D eigenvalue weighted by Crippen LogP contribution is 2.36. The summed E-state index contributed by atoms with van der Waals surface area (Å²) in [5.41, 5.74) is 2.99. The molecule has 2 atom stereocenters. The first-order chi connectivity index (χ1) is 17.5. The summed E-state index contributed by atoms with van der Waals surface area (Å²) in [6, 6.07) is 9.25. The van der Waals surface area contributed by atoms with Crippen LogP contribution in [0.3, 0.4) is 0 Å². The van der Waals surface area contributed by atoms with Crippen molar-refractivity contribution in [2.45, 2.75) is 37.7 Å². The first-order valence-corrected chi connectivity index (χ1v) is 13.1. The van der Waals surface area contributed by atoms with Gasteiger partial charge in [0.05, 0.1) is 36.1 Å². The molecule has 2 aliphatic rings. The number of amides is 1. The van der Waals surface area contributed by atoms with Crippen molar-refractivity contribution in [1.82, 2.24) is 20.2 Å². The molecule has 0 radical (unpaired) electrons. The van der Waals surface area contributed by atoms with E-state index in [0.717, 1.165) is 28.8 Å². The number of carbonyl (C=O) groups is 1. The van der Waals surface area contributed by atoms with Gasteiger partial charge in [-0.05, 0) is 35.9 Å². The number of thiophene rings is 1. The van der Waals surface area contributed by atoms with Gasteiger partial charge < -0.3 is 25.6 Å². The van der Waals surface area contributed by atoms with Crippen LogP contribution in [0.2, 0.25) is 5.02 Å². The lowest BCUT2D eigenvalue weighted by Crippen LogP contribution is -2.39. The molecule has 36 heavy (non-hydrogen) atoms. The Hall–Kier alpha value is -2.60. The Bertz CT molecular complexity index is 1210. The van der Waals surface area contributed by atoms with Gasteiger partial charge in [-0.2, -0.15) is 0 Å². The average molecular weight is 530 g/mol. The highest BCUT2D eigenvalue weighted by Gasteiger charge is 2.31. The molecule has 4 heterocycles. The molecule has 5 rings (SSSR count). The van der Waals surface area contributed by atoms with Gasteiger partial charge in [0.15, 0.2) is 0 Å². The number of aromatic nitrogens is 2. The highest BCUT2D eigenvalue weighted by molar-refractivity contribution is 7.10. The number of nitrogens with one attached hydrogen (secondary N) is 2. The van der Waals surface area contributed by atoms with Crippen molar-refractivity contribution < 1.29 is 19.7 Å². The molecule has 4 N–H and O–H groups in total. The number of anilines is 1. The molecule has 2 aliphatic heterocycles. The largest absolute Gasteiger partial charge is 0.394 e. The van der Waals surface area contributed by atoms with Crippen LogP contribution < -0.4 is 10.6 Å². The smallest absolute Gasteiger partial charge is 0.234 e. The molecule has 1 saturated heterocycles. The summed E-state index contributed by atoms with van der Waals surface area (Å²) in [5.74, 6) is 0.238. The van der Waals surface area contributed by atoms with Crippen LogP contribution >= 0.6 is 22.9 Å². The van der Waals surface area contributed by atoms with E-state index < -0.39 is 12.3 Å². The summed E-state index contributed by atoms with van der Waals surface area (Å²) in [4.78, 5) is 24.2. The first-order valence-electron chi connectivity index (χ1n) is 11.9. The van der Waals surface area contributed by atoms with Crippen LogP contribution in [0.4, 0.5) is 5.95 Å². The molecule has 1 unspecified atom stereocenters. The zero-order valence-electron chi connectivity index (χ0n) is 19.6. The maximum atomic E-state index is 12.7. The number of benzene rings is 1. The van der Waals surface area contributed by atoms with Gasteiger partial charge in [0.25, 0.3) is 0 Å². The third kappa shape index (κ3) is 5.54. The number of nitrogens with zero attached hydrogens (tertiary/aromatic N) is 3. The van der Waals surface area contributed by atoms with Gasteiger partial charge >= 0.3 is 0 Å². The topological polar surface area (TPSA) is 120 Å². The van der Waals surface area contributed by atoms with Crippen molar-refractivity contribution in [3.8, 4) is 11.3 Å². The van der Waals surface area contributed by atoms with Crippen LogP contribution in [0.25, 0.3) is 11.3 Å². The SMILES string of the molecule is O=C(CN1Cc2ccc(-c3nc(NC4CCOCC4)ncc3Cl)cc2C1O)N[C@H](CO)c1cccs1. The van der Waals surface area contributed by atoms with E-state index in [-0.39, 0.29) is 25.1 Å². The summed E-state index contributed by atoms with van der Waals surface area (Å²) >= 11 is 7.92. The molecule has 2 aromatic heterocycles. The van der Waals surface area contributed by atoms with Crippen LogP contribution in [0.15, 0.2) is 41.9 Å². The van der Waals surface area contributed by atoms with Gasteiger partial charge in [-0.25, -0.2) is 9.97 Å². The number of fused-ring (bicyclic) bond motifs is 1.